The molecular weight excluding hydrogens is 802 g/mol. The van der Waals surface area contributed by atoms with Crippen molar-refractivity contribution < 1.29 is 50.7 Å². The summed E-state index contributed by atoms with van der Waals surface area (Å²) in [6.45, 7) is 5.08. The number of pyridine rings is 3. The van der Waals surface area contributed by atoms with Crippen molar-refractivity contribution in [2.75, 3.05) is 45.9 Å². The molecule has 0 aliphatic carbocycles. The van der Waals surface area contributed by atoms with Crippen molar-refractivity contribution in [2.45, 2.75) is 56.8 Å². The highest BCUT2D eigenvalue weighted by Crippen LogP contribution is 2.40. The first-order valence-electron chi connectivity index (χ1n) is 18.7. The number of piperazine rings is 1. The van der Waals surface area contributed by atoms with Crippen LogP contribution in [0.25, 0.3) is 11.3 Å². The maximum absolute atomic E-state index is 14.2. The number of carbonyl (C=O) groups is 2. The maximum atomic E-state index is 14.2. The fourth-order valence-electron chi connectivity index (χ4n) is 6.74. The molecule has 2 amide bonds. The van der Waals surface area contributed by atoms with Crippen LogP contribution in [0.5, 0.6) is 11.8 Å². The number of sulfonamides is 1. The number of nitrogens with zero attached hydrogens (tertiary/aromatic N) is 6. The van der Waals surface area contributed by atoms with Gasteiger partial charge >= 0.3 is 12.3 Å². The Hall–Kier alpha value is -5.93. The smallest absolute Gasteiger partial charge is 0.434 e. The van der Waals surface area contributed by atoms with Crippen molar-refractivity contribution in [3.8, 4) is 23.0 Å². The number of nitrogens with one attached hydrogen (secondary N) is 2. The zero-order valence-electron chi connectivity index (χ0n) is 32.3. The van der Waals surface area contributed by atoms with E-state index in [0.29, 0.717) is 24.3 Å². The number of nitro benzene ring substituents is 1. The topological polar surface area (TPSA) is 219 Å². The van der Waals surface area contributed by atoms with Crippen LogP contribution in [0.15, 0.2) is 71.8 Å². The summed E-state index contributed by atoms with van der Waals surface area (Å²) >= 11 is 0. The third-order valence-electron chi connectivity index (χ3n) is 9.38. The first kappa shape index (κ1) is 44.2. The lowest BCUT2D eigenvalue weighted by molar-refractivity contribution is -0.386. The van der Waals surface area contributed by atoms with Crippen LogP contribution in [-0.4, -0.2) is 107 Å². The number of carbonyl (C=O) groups excluding carboxylic acids is 1. The molecule has 17 nitrogen and oxygen atoms in total. The molecule has 1 aromatic carbocycles. The fraction of sp³-hybridized carbons (Fsp3) is 0.395. The number of nitro groups is 1. The molecule has 1 aliphatic heterocycles. The summed E-state index contributed by atoms with van der Waals surface area (Å²) in [6.07, 6.45) is -4.29. The van der Waals surface area contributed by atoms with E-state index in [2.05, 4.69) is 20.0 Å². The number of ether oxygens (including phenoxy) is 2. The van der Waals surface area contributed by atoms with E-state index in [-0.39, 0.29) is 73.7 Å². The number of hydrogen-bond donors (Lipinski definition) is 3. The van der Waals surface area contributed by atoms with Crippen LogP contribution in [0, 0.1) is 10.1 Å². The lowest BCUT2D eigenvalue weighted by atomic mass is 9.94. The van der Waals surface area contributed by atoms with Gasteiger partial charge in [-0.05, 0) is 69.2 Å². The molecule has 3 N–H and O–H groups in total. The van der Waals surface area contributed by atoms with Crippen molar-refractivity contribution >= 4 is 27.7 Å². The molecule has 59 heavy (non-hydrogen) atoms. The van der Waals surface area contributed by atoms with Gasteiger partial charge in [0.1, 0.15) is 0 Å². The quantitative estimate of drug-likeness (QED) is 0.0678. The third-order valence-corrected chi connectivity index (χ3v) is 10.8. The molecule has 1 saturated heterocycles. The summed E-state index contributed by atoms with van der Waals surface area (Å²) in [6, 6.07) is 12.2. The van der Waals surface area contributed by atoms with Gasteiger partial charge in [-0.3, -0.25) is 24.8 Å². The predicted molar refractivity (Wildman–Crippen MR) is 207 cm³/mol. The van der Waals surface area contributed by atoms with Crippen LogP contribution in [0.2, 0.25) is 0 Å². The van der Waals surface area contributed by atoms with E-state index < -0.39 is 62.2 Å². The molecule has 1 fully saturated rings. The van der Waals surface area contributed by atoms with Gasteiger partial charge in [-0.2, -0.15) is 13.2 Å². The fourth-order valence-corrected chi connectivity index (χ4v) is 7.85. The Morgan fingerprint density at radius 1 is 1.02 bits per heavy atom. The van der Waals surface area contributed by atoms with Crippen LogP contribution in [-0.2, 0) is 16.2 Å². The molecule has 5 rings (SSSR count). The molecule has 3 aromatic heterocycles. The number of hydrogen-bond acceptors (Lipinski definition) is 12. The zero-order chi connectivity index (χ0) is 42.9. The van der Waals surface area contributed by atoms with Crippen LogP contribution in [0.1, 0.15) is 67.0 Å². The van der Waals surface area contributed by atoms with Gasteiger partial charge in [-0.1, -0.05) is 13.0 Å². The summed E-state index contributed by atoms with van der Waals surface area (Å²) < 4.78 is 83.0. The minimum absolute atomic E-state index is 0.0212. The highest BCUT2D eigenvalue weighted by Gasteiger charge is 2.42. The number of benzene rings is 1. The number of aromatic nitrogens is 3. The molecule has 0 radical (unpaired) electrons. The van der Waals surface area contributed by atoms with Crippen molar-refractivity contribution in [3.05, 3.63) is 99.5 Å². The van der Waals surface area contributed by atoms with Crippen molar-refractivity contribution in [1.29, 1.82) is 0 Å². The van der Waals surface area contributed by atoms with E-state index in [1.807, 2.05) is 4.90 Å². The van der Waals surface area contributed by atoms with Crippen molar-refractivity contribution in [1.82, 2.24) is 34.8 Å². The molecule has 4 heterocycles. The molecular formula is C38H43F3N8O9S. The Balaban J connectivity index is 1.60. The third kappa shape index (κ3) is 10.6. The number of rotatable bonds is 17. The van der Waals surface area contributed by atoms with Gasteiger partial charge in [-0.15, -0.1) is 0 Å². The molecule has 316 valence electrons. The zero-order valence-corrected chi connectivity index (χ0v) is 33.1. The monoisotopic (exact) mass is 844 g/mol. The summed E-state index contributed by atoms with van der Waals surface area (Å²) in [7, 11) is -4.30. The predicted octanol–water partition coefficient (Wildman–Crippen LogP) is 5.53. The van der Waals surface area contributed by atoms with E-state index in [4.69, 9.17) is 19.6 Å². The average Bonchev–Trinajstić information content (AvgIpc) is 3.20. The second-order valence-corrected chi connectivity index (χ2v) is 14.9. The molecule has 1 aliphatic rings. The molecule has 2 atom stereocenters. The van der Waals surface area contributed by atoms with Gasteiger partial charge < -0.3 is 24.8 Å². The summed E-state index contributed by atoms with van der Waals surface area (Å²) in [4.78, 5) is 52.3. The first-order valence-corrected chi connectivity index (χ1v) is 20.1. The van der Waals surface area contributed by atoms with Gasteiger partial charge in [-0.25, -0.2) is 27.9 Å². The van der Waals surface area contributed by atoms with Crippen LogP contribution < -0.4 is 19.5 Å². The van der Waals surface area contributed by atoms with E-state index in [0.717, 1.165) is 18.2 Å². The normalized spacial score (nSPS) is 15.4. The molecule has 0 bridgehead atoms. The Morgan fingerprint density at radius 2 is 1.78 bits per heavy atom. The summed E-state index contributed by atoms with van der Waals surface area (Å²) in [5.41, 5.74) is -1.41. The summed E-state index contributed by atoms with van der Waals surface area (Å²) in [5.74, 6) is -0.937. The highest BCUT2D eigenvalue weighted by atomic mass is 32.2. The SMILES string of the molecule is CCOc1ccc(C(=O)N2CCN(C(c3cccc(-c4cccnc4OCC)n3)c3cc(S(=O)(=O)NCCCNC(=O)O)ccc3[N+](=O)[O-])C(CC)C2)c(C(F)(F)F)n1. The van der Waals surface area contributed by atoms with E-state index in [1.165, 1.54) is 17.0 Å². The first-order chi connectivity index (χ1) is 28.1. The van der Waals surface area contributed by atoms with E-state index in [1.54, 1.807) is 57.3 Å². The van der Waals surface area contributed by atoms with Gasteiger partial charge in [0, 0.05) is 57.1 Å². The second kappa shape index (κ2) is 19.2. The minimum Gasteiger partial charge on any atom is -0.478 e. The maximum Gasteiger partial charge on any atom is 0.434 e. The van der Waals surface area contributed by atoms with Crippen molar-refractivity contribution in [2.24, 2.45) is 0 Å². The Kier molecular flexibility index (Phi) is 14.4. The Bertz CT molecular complexity index is 2270. The minimum atomic E-state index is -4.98. The number of carboxylic acid groups (broad SMARTS) is 1. The molecule has 0 saturated carbocycles. The number of amides is 2. The molecule has 2 unspecified atom stereocenters. The largest absolute Gasteiger partial charge is 0.478 e. The van der Waals surface area contributed by atoms with Crippen LogP contribution >= 0.6 is 0 Å². The average molecular weight is 845 g/mol. The van der Waals surface area contributed by atoms with E-state index in [9.17, 15) is 41.3 Å². The van der Waals surface area contributed by atoms with Gasteiger partial charge in [0.2, 0.25) is 21.8 Å². The number of alkyl halides is 3. The molecule has 4 aromatic rings. The second-order valence-electron chi connectivity index (χ2n) is 13.1. The summed E-state index contributed by atoms with van der Waals surface area (Å²) in [5, 5.41) is 23.7. The van der Waals surface area contributed by atoms with Crippen LogP contribution in [0.4, 0.5) is 23.7 Å². The van der Waals surface area contributed by atoms with E-state index >= 15 is 0 Å². The highest BCUT2D eigenvalue weighted by molar-refractivity contribution is 7.89. The lowest BCUT2D eigenvalue weighted by Crippen LogP contribution is -2.56. The van der Waals surface area contributed by atoms with Crippen molar-refractivity contribution in [3.63, 3.8) is 0 Å². The molecule has 21 heteroatoms. The Labute approximate surface area is 337 Å². The molecule has 0 spiro atoms. The number of halogens is 3. The van der Waals surface area contributed by atoms with Gasteiger partial charge in [0.15, 0.2) is 5.69 Å². The Morgan fingerprint density at radius 3 is 2.46 bits per heavy atom. The van der Waals surface area contributed by atoms with Crippen LogP contribution in [0.3, 0.4) is 0 Å². The standard InChI is InChI=1S/C38H43F3N8O9S/c1-4-24-23-47(36(50)27-14-16-32(57-5-2)46-34(27)38(39,40)41)20-21-48(24)33(30-12-7-11-29(45-30)26-10-8-17-42-35(26)58-6-3)28-22-25(13-15-31(28)49(53)54)59(55,56)44-19-9-18-43-37(51)52/h7-8,10-17,22,24,33,43-44H,4-6,9,18-21,23H2,1-3H3,(H,51,52). The van der Waals surface area contributed by atoms with Gasteiger partial charge in [0.25, 0.3) is 11.6 Å². The lowest BCUT2D eigenvalue weighted by Gasteiger charge is -2.45. The van der Waals surface area contributed by atoms with Gasteiger partial charge in [0.05, 0.1) is 57.2 Å².